The van der Waals surface area contributed by atoms with Gasteiger partial charge in [-0.25, -0.2) is 0 Å². The fourth-order valence-electron chi connectivity index (χ4n) is 7.67. The summed E-state index contributed by atoms with van der Waals surface area (Å²) in [6, 6.07) is 47.1. The normalized spacial score (nSPS) is 13.3. The summed E-state index contributed by atoms with van der Waals surface area (Å²) in [5.74, 6) is 0. The van der Waals surface area contributed by atoms with Gasteiger partial charge in [-0.3, -0.25) is 4.98 Å². The molecule has 0 fully saturated rings. The molecule has 0 unspecified atom stereocenters. The van der Waals surface area contributed by atoms with Crippen molar-refractivity contribution in [2.24, 2.45) is 0 Å². The molecule has 226 valence electrons. The summed E-state index contributed by atoms with van der Waals surface area (Å²) in [6.45, 7) is 0. The summed E-state index contributed by atoms with van der Waals surface area (Å²) in [4.78, 5) is 6.97. The molecule has 2 heterocycles. The average Bonchev–Trinajstić information content (AvgIpc) is 3.70. The summed E-state index contributed by atoms with van der Waals surface area (Å²) in [7, 11) is 0. The zero-order chi connectivity index (χ0) is 31.6. The summed E-state index contributed by atoms with van der Waals surface area (Å²) in [5.41, 5.74) is 13.6. The average molecular weight is 631 g/mol. The molecule has 3 heteroatoms. The number of nitrogens with zero attached hydrogens (tertiary/aromatic N) is 2. The van der Waals surface area contributed by atoms with Gasteiger partial charge in [0.05, 0.1) is 5.69 Å². The standard InChI is InChI=1S/C45H30N2S/c1-2-7-29(8-3-1)30-15-17-31(18-16-30)32-19-21-34(22-20-32)47(41-13-6-14-43-45(41)40-28-46-26-25-42(40)48-43)35-23-24-36-37-11-4-9-33-10-5-12-38(44(33)37)39(36)27-35/h2,4-28H,1,3H2. The molecular formula is C45H30N2S. The molecule has 8 aromatic rings. The van der Waals surface area contributed by atoms with Crippen molar-refractivity contribution in [1.29, 1.82) is 0 Å². The highest BCUT2D eigenvalue weighted by Gasteiger charge is 2.24. The molecule has 0 radical (unpaired) electrons. The molecule has 6 aromatic carbocycles. The first-order valence-corrected chi connectivity index (χ1v) is 17.4. The molecule has 10 rings (SSSR count). The second-order valence-electron chi connectivity index (χ2n) is 12.7. The van der Waals surface area contributed by atoms with Gasteiger partial charge in [-0.1, -0.05) is 103 Å². The van der Waals surface area contributed by atoms with Crippen LogP contribution in [0.25, 0.3) is 69.9 Å². The minimum absolute atomic E-state index is 1.11. The van der Waals surface area contributed by atoms with Gasteiger partial charge in [0.1, 0.15) is 0 Å². The largest absolute Gasteiger partial charge is 0.310 e. The van der Waals surface area contributed by atoms with E-state index >= 15 is 0 Å². The molecule has 2 aliphatic rings. The van der Waals surface area contributed by atoms with E-state index < -0.39 is 0 Å². The zero-order valence-corrected chi connectivity index (χ0v) is 27.0. The van der Waals surface area contributed by atoms with Gasteiger partial charge in [-0.15, -0.1) is 11.3 Å². The van der Waals surface area contributed by atoms with Gasteiger partial charge in [0, 0.05) is 43.9 Å². The van der Waals surface area contributed by atoms with Crippen molar-refractivity contribution >= 4 is 64.9 Å². The third-order valence-electron chi connectivity index (χ3n) is 9.93. The summed E-state index contributed by atoms with van der Waals surface area (Å²) in [6.07, 6.45) is 13.0. The van der Waals surface area contributed by atoms with Crippen molar-refractivity contribution in [3.63, 3.8) is 0 Å². The molecule has 0 saturated heterocycles. The lowest BCUT2D eigenvalue weighted by atomic mass is 9.97. The topological polar surface area (TPSA) is 16.1 Å². The van der Waals surface area contributed by atoms with Crippen molar-refractivity contribution in [3.8, 4) is 33.4 Å². The van der Waals surface area contributed by atoms with Crippen molar-refractivity contribution in [3.05, 3.63) is 164 Å². The van der Waals surface area contributed by atoms with Gasteiger partial charge in [0.15, 0.2) is 0 Å². The smallest absolute Gasteiger partial charge is 0.0555 e. The van der Waals surface area contributed by atoms with Gasteiger partial charge in [0.25, 0.3) is 0 Å². The van der Waals surface area contributed by atoms with E-state index in [-0.39, 0.29) is 0 Å². The molecule has 0 atom stereocenters. The number of hydrogen-bond acceptors (Lipinski definition) is 3. The van der Waals surface area contributed by atoms with Crippen LogP contribution in [-0.2, 0) is 0 Å². The van der Waals surface area contributed by atoms with Gasteiger partial charge in [-0.2, -0.15) is 0 Å². The molecule has 0 saturated carbocycles. The fourth-order valence-corrected chi connectivity index (χ4v) is 8.76. The Morgan fingerprint density at radius 3 is 2.08 bits per heavy atom. The Labute approximate surface area is 283 Å². The van der Waals surface area contributed by atoms with E-state index in [4.69, 9.17) is 0 Å². The molecule has 48 heavy (non-hydrogen) atoms. The summed E-state index contributed by atoms with van der Waals surface area (Å²) in [5, 5.41) is 5.07. The highest BCUT2D eigenvalue weighted by Crippen LogP contribution is 2.51. The number of anilines is 3. The maximum absolute atomic E-state index is 4.54. The number of thiophene rings is 1. The number of rotatable bonds is 5. The monoisotopic (exact) mass is 630 g/mol. The Morgan fingerprint density at radius 1 is 0.562 bits per heavy atom. The van der Waals surface area contributed by atoms with Crippen molar-refractivity contribution in [1.82, 2.24) is 4.98 Å². The van der Waals surface area contributed by atoms with Crippen LogP contribution in [0.3, 0.4) is 0 Å². The number of fused-ring (bicyclic) bond motifs is 6. The van der Waals surface area contributed by atoms with E-state index in [1.54, 1.807) is 0 Å². The van der Waals surface area contributed by atoms with E-state index in [1.807, 2.05) is 23.7 Å². The Morgan fingerprint density at radius 2 is 1.29 bits per heavy atom. The quantitative estimate of drug-likeness (QED) is 0.188. The zero-order valence-electron chi connectivity index (χ0n) is 26.2. The Hall–Kier alpha value is -5.77. The van der Waals surface area contributed by atoms with Gasteiger partial charge < -0.3 is 4.90 Å². The minimum Gasteiger partial charge on any atom is -0.310 e. The van der Waals surface area contributed by atoms with Crippen LogP contribution in [0, 0.1) is 0 Å². The van der Waals surface area contributed by atoms with Crippen LogP contribution in [0.4, 0.5) is 17.1 Å². The maximum atomic E-state index is 4.54. The highest BCUT2D eigenvalue weighted by atomic mass is 32.1. The van der Waals surface area contributed by atoms with Crippen LogP contribution < -0.4 is 4.90 Å². The lowest BCUT2D eigenvalue weighted by Crippen LogP contribution is -2.10. The van der Waals surface area contributed by atoms with Crippen LogP contribution in [0.15, 0.2) is 158 Å². The van der Waals surface area contributed by atoms with Gasteiger partial charge in [0.2, 0.25) is 0 Å². The first-order valence-electron chi connectivity index (χ1n) is 16.6. The second-order valence-corrected chi connectivity index (χ2v) is 13.7. The van der Waals surface area contributed by atoms with E-state index in [1.165, 1.54) is 75.5 Å². The summed E-state index contributed by atoms with van der Waals surface area (Å²) < 4.78 is 2.51. The van der Waals surface area contributed by atoms with E-state index in [0.29, 0.717) is 0 Å². The van der Waals surface area contributed by atoms with Crippen LogP contribution in [-0.4, -0.2) is 4.98 Å². The maximum Gasteiger partial charge on any atom is 0.0555 e. The molecule has 0 amide bonds. The Kier molecular flexibility index (Phi) is 6.21. The molecule has 2 aromatic heterocycles. The van der Waals surface area contributed by atoms with Crippen molar-refractivity contribution in [2.45, 2.75) is 12.8 Å². The molecule has 0 N–H and O–H groups in total. The molecular weight excluding hydrogens is 601 g/mol. The number of hydrogen-bond donors (Lipinski definition) is 0. The SMILES string of the molecule is C1=CC(c2ccc(-c3ccc(N(c4ccc5c(c4)-c4cccc6cccc-5c46)c4cccc5sc6ccncc6c45)cc3)cc2)=CCC1. The Bertz CT molecular complexity index is 2600. The van der Waals surface area contributed by atoms with Crippen LogP contribution in [0.5, 0.6) is 0 Å². The first kappa shape index (κ1) is 27.4. The predicted molar refractivity (Wildman–Crippen MR) is 206 cm³/mol. The Balaban J connectivity index is 1.12. The third-order valence-corrected chi connectivity index (χ3v) is 11.1. The predicted octanol–water partition coefficient (Wildman–Crippen LogP) is 13.1. The minimum atomic E-state index is 1.11. The number of pyridine rings is 1. The lowest BCUT2D eigenvalue weighted by Gasteiger charge is -2.27. The highest BCUT2D eigenvalue weighted by molar-refractivity contribution is 7.25. The van der Waals surface area contributed by atoms with Crippen LogP contribution in [0.2, 0.25) is 0 Å². The number of benzene rings is 6. The third kappa shape index (κ3) is 4.28. The van der Waals surface area contributed by atoms with E-state index in [2.05, 4.69) is 156 Å². The molecule has 0 aliphatic heterocycles. The lowest BCUT2D eigenvalue weighted by molar-refractivity contribution is 1.04. The molecule has 0 bridgehead atoms. The molecule has 2 nitrogen and oxygen atoms in total. The van der Waals surface area contributed by atoms with Crippen molar-refractivity contribution in [2.75, 3.05) is 4.90 Å². The van der Waals surface area contributed by atoms with Crippen LogP contribution >= 0.6 is 11.3 Å². The number of allylic oxidation sites excluding steroid dienone is 4. The summed E-state index contributed by atoms with van der Waals surface area (Å²) >= 11 is 1.83. The molecule has 0 spiro atoms. The van der Waals surface area contributed by atoms with Crippen molar-refractivity contribution < 1.29 is 0 Å². The first-order chi connectivity index (χ1) is 23.8. The van der Waals surface area contributed by atoms with Crippen LogP contribution in [0.1, 0.15) is 18.4 Å². The number of aromatic nitrogens is 1. The van der Waals surface area contributed by atoms with E-state index in [9.17, 15) is 0 Å². The fraction of sp³-hybridized carbons (Fsp3) is 0.0444. The second kappa shape index (κ2) is 10.9. The molecule has 2 aliphatic carbocycles. The van der Waals surface area contributed by atoms with Gasteiger partial charge >= 0.3 is 0 Å². The van der Waals surface area contributed by atoms with E-state index in [0.717, 1.165) is 29.9 Å². The van der Waals surface area contributed by atoms with Gasteiger partial charge in [-0.05, 0) is 111 Å².